The van der Waals surface area contributed by atoms with E-state index in [1.54, 1.807) is 11.8 Å². The van der Waals surface area contributed by atoms with Gasteiger partial charge < -0.3 is 4.74 Å². The summed E-state index contributed by atoms with van der Waals surface area (Å²) in [5.74, 6) is 1.75. The van der Waals surface area contributed by atoms with Crippen LogP contribution in [0.15, 0.2) is 30.6 Å². The highest BCUT2D eigenvalue weighted by Crippen LogP contribution is 2.13. The van der Waals surface area contributed by atoms with E-state index in [0.717, 1.165) is 23.6 Å². The van der Waals surface area contributed by atoms with E-state index in [0.29, 0.717) is 12.8 Å². The number of carbonyl (C=O) groups excluding carboxylic acids is 1. The first-order valence-electron chi connectivity index (χ1n) is 7.13. The van der Waals surface area contributed by atoms with Gasteiger partial charge in [0.15, 0.2) is 0 Å². The number of ether oxygens (including phenoxy) is 1. The van der Waals surface area contributed by atoms with Crippen molar-refractivity contribution in [2.45, 2.75) is 39.2 Å². The fourth-order valence-corrected chi connectivity index (χ4v) is 2.17. The van der Waals surface area contributed by atoms with Crippen molar-refractivity contribution in [3.05, 3.63) is 42.0 Å². The highest BCUT2D eigenvalue weighted by molar-refractivity contribution is 5.80. The summed E-state index contributed by atoms with van der Waals surface area (Å²) in [5, 5.41) is 4.15. The van der Waals surface area contributed by atoms with Gasteiger partial charge in [-0.2, -0.15) is 5.10 Å². The highest BCUT2D eigenvalue weighted by atomic mass is 16.5. The molecule has 2 rings (SSSR count). The van der Waals surface area contributed by atoms with E-state index < -0.39 is 0 Å². The molecule has 0 unspecified atom stereocenters. The summed E-state index contributed by atoms with van der Waals surface area (Å²) < 4.78 is 6.91. The number of hydrogen-bond donors (Lipinski definition) is 0. The number of rotatable bonds is 7. The number of aryl methyl sites for hydroxylation is 1. The van der Waals surface area contributed by atoms with Crippen LogP contribution < -0.4 is 4.74 Å². The second kappa shape index (κ2) is 7.02. The molecule has 0 spiro atoms. The van der Waals surface area contributed by atoms with Crippen LogP contribution in [0.3, 0.4) is 0 Å². The van der Waals surface area contributed by atoms with Crippen molar-refractivity contribution >= 4 is 5.78 Å². The maximum absolute atomic E-state index is 12.1. The molecule has 0 bridgehead atoms. The molecular weight excluding hydrogens is 266 g/mol. The molecule has 0 radical (unpaired) electrons. The number of aromatic nitrogens is 3. The minimum Gasteiger partial charge on any atom is -0.497 e. The van der Waals surface area contributed by atoms with Crippen LogP contribution in [0, 0.1) is 0 Å². The Labute approximate surface area is 125 Å². The molecule has 0 atom stereocenters. The van der Waals surface area contributed by atoms with Gasteiger partial charge in [-0.05, 0) is 38.0 Å². The zero-order valence-electron chi connectivity index (χ0n) is 12.7. The Morgan fingerprint density at radius 3 is 2.62 bits per heavy atom. The van der Waals surface area contributed by atoms with Crippen LogP contribution in [0.2, 0.25) is 0 Å². The smallest absolute Gasteiger partial charge is 0.140 e. The van der Waals surface area contributed by atoms with Gasteiger partial charge in [-0.3, -0.25) is 4.79 Å². The van der Waals surface area contributed by atoms with E-state index in [9.17, 15) is 4.79 Å². The van der Waals surface area contributed by atoms with Gasteiger partial charge in [-0.25, -0.2) is 9.67 Å². The van der Waals surface area contributed by atoms with E-state index in [-0.39, 0.29) is 11.8 Å². The topological polar surface area (TPSA) is 57.0 Å². The van der Waals surface area contributed by atoms with Crippen LogP contribution in [0.4, 0.5) is 0 Å². The highest BCUT2D eigenvalue weighted by Gasteiger charge is 2.12. The third kappa shape index (κ3) is 4.15. The zero-order valence-corrected chi connectivity index (χ0v) is 12.7. The van der Waals surface area contributed by atoms with Crippen LogP contribution in [-0.2, 0) is 17.6 Å². The molecule has 5 nitrogen and oxygen atoms in total. The van der Waals surface area contributed by atoms with Crippen LogP contribution in [-0.4, -0.2) is 27.7 Å². The van der Waals surface area contributed by atoms with Gasteiger partial charge in [0, 0.05) is 12.5 Å². The van der Waals surface area contributed by atoms with E-state index in [1.807, 2.05) is 38.1 Å². The minimum absolute atomic E-state index is 0.181. The second-order valence-corrected chi connectivity index (χ2v) is 5.28. The normalized spacial score (nSPS) is 10.9. The monoisotopic (exact) mass is 287 g/mol. The molecule has 0 aliphatic heterocycles. The molecular formula is C16H21N3O2. The fraction of sp³-hybridized carbons (Fsp3) is 0.438. The Kier molecular flexibility index (Phi) is 5.09. The van der Waals surface area contributed by atoms with Crippen molar-refractivity contribution in [1.82, 2.24) is 14.8 Å². The van der Waals surface area contributed by atoms with Crippen molar-refractivity contribution in [2.24, 2.45) is 0 Å². The Balaban J connectivity index is 1.88. The van der Waals surface area contributed by atoms with Gasteiger partial charge in [0.25, 0.3) is 0 Å². The van der Waals surface area contributed by atoms with Crippen LogP contribution in [0.25, 0.3) is 0 Å². The van der Waals surface area contributed by atoms with E-state index >= 15 is 0 Å². The predicted molar refractivity (Wildman–Crippen MR) is 80.4 cm³/mol. The van der Waals surface area contributed by atoms with Crippen LogP contribution >= 0.6 is 0 Å². The number of ketones is 1. The molecule has 0 aliphatic rings. The summed E-state index contributed by atoms with van der Waals surface area (Å²) in [4.78, 5) is 16.2. The van der Waals surface area contributed by atoms with Crippen LogP contribution in [0.5, 0.6) is 5.75 Å². The van der Waals surface area contributed by atoms with E-state index in [4.69, 9.17) is 4.74 Å². The molecule has 112 valence electrons. The molecule has 2 aromatic rings. The third-order valence-electron chi connectivity index (χ3n) is 3.34. The summed E-state index contributed by atoms with van der Waals surface area (Å²) in [5.41, 5.74) is 1.13. The first kappa shape index (κ1) is 15.2. The van der Waals surface area contributed by atoms with Gasteiger partial charge in [-0.15, -0.1) is 0 Å². The number of carbonyl (C=O) groups is 1. The molecule has 1 aromatic heterocycles. The van der Waals surface area contributed by atoms with Gasteiger partial charge in [0.2, 0.25) is 0 Å². The lowest BCUT2D eigenvalue weighted by molar-refractivity contribution is -0.118. The van der Waals surface area contributed by atoms with Gasteiger partial charge in [0.05, 0.1) is 13.5 Å². The molecule has 1 heterocycles. The molecule has 0 saturated carbocycles. The van der Waals surface area contributed by atoms with Crippen molar-refractivity contribution in [1.29, 1.82) is 0 Å². The fourth-order valence-electron chi connectivity index (χ4n) is 2.17. The van der Waals surface area contributed by atoms with Crippen molar-refractivity contribution in [3.8, 4) is 5.75 Å². The lowest BCUT2D eigenvalue weighted by Gasteiger charge is -2.08. The van der Waals surface area contributed by atoms with Crippen molar-refractivity contribution in [2.75, 3.05) is 7.11 Å². The summed E-state index contributed by atoms with van der Waals surface area (Å²) in [6.07, 6.45) is 3.09. The Morgan fingerprint density at radius 2 is 2.00 bits per heavy atom. The van der Waals surface area contributed by atoms with Crippen molar-refractivity contribution < 1.29 is 9.53 Å². The summed E-state index contributed by atoms with van der Waals surface area (Å²) in [6, 6.07) is 8.02. The lowest BCUT2D eigenvalue weighted by atomic mass is 10.1. The van der Waals surface area contributed by atoms with E-state index in [1.165, 1.54) is 6.33 Å². The number of Topliss-reactive ketones (excluding diaryl/α,β-unsaturated/α-hetero) is 1. The summed E-state index contributed by atoms with van der Waals surface area (Å²) in [6.45, 7) is 4.06. The van der Waals surface area contributed by atoms with Gasteiger partial charge in [0.1, 0.15) is 23.7 Å². The summed E-state index contributed by atoms with van der Waals surface area (Å²) >= 11 is 0. The molecule has 0 N–H and O–H groups in total. The molecule has 0 fully saturated rings. The Hall–Kier alpha value is -2.17. The molecule has 0 saturated heterocycles. The molecule has 21 heavy (non-hydrogen) atoms. The predicted octanol–water partition coefficient (Wildman–Crippen LogP) is 2.61. The van der Waals surface area contributed by atoms with Crippen molar-refractivity contribution in [3.63, 3.8) is 0 Å². The standard InChI is InChI=1S/C16H21N3O2/c1-12(2)19-16(17-11-18-19)10-14(20)7-4-13-5-8-15(21-3)9-6-13/h5-6,8-9,11-12H,4,7,10H2,1-3H3. The maximum atomic E-state index is 12.1. The zero-order chi connectivity index (χ0) is 15.2. The first-order chi connectivity index (χ1) is 10.1. The largest absolute Gasteiger partial charge is 0.497 e. The quantitative estimate of drug-likeness (QED) is 0.785. The number of benzene rings is 1. The summed E-state index contributed by atoms with van der Waals surface area (Å²) in [7, 11) is 1.64. The average Bonchev–Trinajstić information content (AvgIpc) is 2.94. The second-order valence-electron chi connectivity index (χ2n) is 5.28. The lowest BCUT2D eigenvalue weighted by Crippen LogP contribution is -2.13. The molecule has 0 amide bonds. The maximum Gasteiger partial charge on any atom is 0.140 e. The Morgan fingerprint density at radius 1 is 1.29 bits per heavy atom. The number of nitrogens with zero attached hydrogens (tertiary/aromatic N) is 3. The van der Waals surface area contributed by atoms with E-state index in [2.05, 4.69) is 10.1 Å². The SMILES string of the molecule is COc1ccc(CCC(=O)Cc2ncnn2C(C)C)cc1. The first-order valence-corrected chi connectivity index (χ1v) is 7.13. The van der Waals surface area contributed by atoms with Gasteiger partial charge in [-0.1, -0.05) is 12.1 Å². The number of hydrogen-bond acceptors (Lipinski definition) is 4. The Bertz CT molecular complexity index is 588. The van der Waals surface area contributed by atoms with Crippen LogP contribution in [0.1, 0.15) is 37.7 Å². The number of methoxy groups -OCH3 is 1. The average molecular weight is 287 g/mol. The molecule has 5 heteroatoms. The van der Waals surface area contributed by atoms with Gasteiger partial charge >= 0.3 is 0 Å². The minimum atomic E-state index is 0.181. The third-order valence-corrected chi connectivity index (χ3v) is 3.34. The molecule has 0 aliphatic carbocycles. The molecule has 1 aromatic carbocycles.